The molecule has 37 heavy (non-hydrogen) atoms. The third-order valence-corrected chi connectivity index (χ3v) is 8.53. The van der Waals surface area contributed by atoms with Gasteiger partial charge < -0.3 is 19.9 Å². The monoisotopic (exact) mass is 519 g/mol. The van der Waals surface area contributed by atoms with Crippen LogP contribution in [-0.4, -0.2) is 59.5 Å². The van der Waals surface area contributed by atoms with Crippen LogP contribution in [0.1, 0.15) is 53.3 Å². The summed E-state index contributed by atoms with van der Waals surface area (Å²) in [5, 5.41) is 3.67. The number of anilines is 1. The predicted molar refractivity (Wildman–Crippen MR) is 149 cm³/mol. The molecule has 2 aliphatic rings. The number of aryl methyl sites for hydroxylation is 1. The maximum Gasteiger partial charge on any atom is 0.226 e. The summed E-state index contributed by atoms with van der Waals surface area (Å²) >= 11 is 1.82. The van der Waals surface area contributed by atoms with Gasteiger partial charge in [0.2, 0.25) is 5.91 Å². The highest BCUT2D eigenvalue weighted by Gasteiger charge is 2.31. The molecular formula is C29H37N5O2S. The van der Waals surface area contributed by atoms with Crippen LogP contribution >= 0.6 is 11.3 Å². The van der Waals surface area contributed by atoms with Crippen LogP contribution in [0.3, 0.4) is 0 Å². The lowest BCUT2D eigenvalue weighted by atomic mass is 9.96. The van der Waals surface area contributed by atoms with Crippen LogP contribution in [0, 0.1) is 12.8 Å². The maximum atomic E-state index is 13.2. The van der Waals surface area contributed by atoms with Gasteiger partial charge in [0.25, 0.3) is 0 Å². The van der Waals surface area contributed by atoms with Crippen LogP contribution in [0.25, 0.3) is 10.4 Å². The second-order valence-electron chi connectivity index (χ2n) is 10.4. The first-order chi connectivity index (χ1) is 17.9. The van der Waals surface area contributed by atoms with Gasteiger partial charge in [-0.3, -0.25) is 4.79 Å². The summed E-state index contributed by atoms with van der Waals surface area (Å²) in [6.45, 7) is 7.67. The number of hydrogen-bond donors (Lipinski definition) is 1. The Morgan fingerprint density at radius 1 is 1.19 bits per heavy atom. The van der Waals surface area contributed by atoms with E-state index in [1.54, 1.807) is 0 Å². The Bertz CT molecular complexity index is 1250. The number of thiophene rings is 1. The summed E-state index contributed by atoms with van der Waals surface area (Å²) in [5.74, 6) is 1.93. The van der Waals surface area contributed by atoms with Gasteiger partial charge in [0.05, 0.1) is 18.3 Å². The van der Waals surface area contributed by atoms with E-state index in [2.05, 4.69) is 67.6 Å². The topological polar surface area (TPSA) is 70.6 Å². The van der Waals surface area contributed by atoms with Gasteiger partial charge >= 0.3 is 0 Å². The number of carbonyl (C=O) groups excluding carboxylic acids is 1. The van der Waals surface area contributed by atoms with Crippen molar-refractivity contribution in [3.8, 4) is 10.4 Å². The van der Waals surface area contributed by atoms with Gasteiger partial charge in [-0.05, 0) is 64.0 Å². The van der Waals surface area contributed by atoms with E-state index >= 15 is 0 Å². The van der Waals surface area contributed by atoms with Crippen molar-refractivity contribution >= 4 is 23.1 Å². The minimum Gasteiger partial charge on any atom is -0.381 e. The minimum atomic E-state index is 0.0666. The van der Waals surface area contributed by atoms with E-state index in [0.29, 0.717) is 19.8 Å². The Kier molecular flexibility index (Phi) is 7.88. The van der Waals surface area contributed by atoms with Crippen molar-refractivity contribution in [3.05, 3.63) is 63.9 Å². The van der Waals surface area contributed by atoms with Gasteiger partial charge in [-0.1, -0.05) is 24.3 Å². The van der Waals surface area contributed by atoms with Gasteiger partial charge in [-0.2, -0.15) is 0 Å². The summed E-state index contributed by atoms with van der Waals surface area (Å²) in [7, 11) is 4.20. The van der Waals surface area contributed by atoms with E-state index in [-0.39, 0.29) is 17.9 Å². The van der Waals surface area contributed by atoms with Gasteiger partial charge in [-0.25, -0.2) is 9.97 Å². The van der Waals surface area contributed by atoms with E-state index in [4.69, 9.17) is 14.7 Å². The Balaban J connectivity index is 1.35. The fourth-order valence-corrected chi connectivity index (χ4v) is 6.36. The molecule has 5 rings (SSSR count). The molecule has 196 valence electrons. The molecule has 1 amide bonds. The molecule has 7 nitrogen and oxygen atoms in total. The molecular weight excluding hydrogens is 482 g/mol. The molecule has 1 fully saturated rings. The molecule has 8 heteroatoms. The number of hydrogen-bond acceptors (Lipinski definition) is 7. The number of aromatic nitrogens is 2. The molecule has 4 heterocycles. The molecule has 1 aromatic carbocycles. The lowest BCUT2D eigenvalue weighted by Crippen LogP contribution is -2.42. The van der Waals surface area contributed by atoms with E-state index in [9.17, 15) is 4.79 Å². The highest BCUT2D eigenvalue weighted by Crippen LogP contribution is 2.36. The largest absolute Gasteiger partial charge is 0.381 e. The number of rotatable bonds is 7. The summed E-state index contributed by atoms with van der Waals surface area (Å²) in [4.78, 5) is 29.5. The van der Waals surface area contributed by atoms with Crippen LogP contribution in [0.4, 0.5) is 5.82 Å². The van der Waals surface area contributed by atoms with Crippen LogP contribution in [0.5, 0.6) is 0 Å². The van der Waals surface area contributed by atoms with Gasteiger partial charge in [0.1, 0.15) is 11.6 Å². The van der Waals surface area contributed by atoms with Crippen molar-refractivity contribution in [3.63, 3.8) is 0 Å². The van der Waals surface area contributed by atoms with Crippen molar-refractivity contribution < 1.29 is 9.53 Å². The van der Waals surface area contributed by atoms with Gasteiger partial charge in [0.15, 0.2) is 0 Å². The molecule has 2 aliphatic heterocycles. The first kappa shape index (κ1) is 25.8. The highest BCUT2D eigenvalue weighted by atomic mass is 32.1. The van der Waals surface area contributed by atoms with E-state index in [0.717, 1.165) is 55.3 Å². The highest BCUT2D eigenvalue weighted by molar-refractivity contribution is 7.15. The number of amides is 1. The molecule has 0 aliphatic carbocycles. The fraction of sp³-hybridized carbons (Fsp3) is 0.483. The molecule has 0 saturated carbocycles. The molecule has 0 spiro atoms. The standard InChI is InChI=1S/C29H37N5O2S/c1-19(26-9-10-27(37-26)23-8-6-5-7-22(23)17-33(3)4)30-28-24-18-34(14-11-25(24)31-20(2)32-28)29(35)21-12-15-36-16-13-21/h5-10,19,21H,11-18H2,1-4H3,(H,30,31,32)/t19-/m1/s1. The van der Waals surface area contributed by atoms with Crippen molar-refractivity contribution in [1.29, 1.82) is 0 Å². The molecule has 3 aromatic rings. The van der Waals surface area contributed by atoms with Crippen LogP contribution in [-0.2, 0) is 29.0 Å². The number of fused-ring (bicyclic) bond motifs is 1. The molecule has 2 aromatic heterocycles. The van der Waals surface area contributed by atoms with E-state index in [1.165, 1.54) is 20.9 Å². The van der Waals surface area contributed by atoms with Crippen LogP contribution in [0.2, 0.25) is 0 Å². The lowest BCUT2D eigenvalue weighted by molar-refractivity contribution is -0.139. The summed E-state index contributed by atoms with van der Waals surface area (Å²) < 4.78 is 5.46. The Morgan fingerprint density at radius 3 is 2.76 bits per heavy atom. The predicted octanol–water partition coefficient (Wildman–Crippen LogP) is 5.06. The quantitative estimate of drug-likeness (QED) is 0.471. The molecule has 0 radical (unpaired) electrons. The fourth-order valence-electron chi connectivity index (χ4n) is 5.29. The molecule has 1 N–H and O–H groups in total. The lowest BCUT2D eigenvalue weighted by Gasteiger charge is -2.33. The Labute approximate surface area is 223 Å². The second-order valence-corrected chi connectivity index (χ2v) is 11.5. The molecule has 1 saturated heterocycles. The average Bonchev–Trinajstić information content (AvgIpc) is 3.39. The molecule has 0 bridgehead atoms. The van der Waals surface area contributed by atoms with E-state index in [1.807, 2.05) is 23.2 Å². The number of nitrogens with one attached hydrogen (secondary N) is 1. The Hall–Kier alpha value is -2.81. The van der Waals surface area contributed by atoms with Crippen molar-refractivity contribution in [2.24, 2.45) is 5.92 Å². The second kappa shape index (κ2) is 11.3. The van der Waals surface area contributed by atoms with Crippen molar-refractivity contribution in [2.75, 3.05) is 39.2 Å². The van der Waals surface area contributed by atoms with Crippen LogP contribution in [0.15, 0.2) is 36.4 Å². The van der Waals surface area contributed by atoms with Gasteiger partial charge in [0, 0.05) is 54.0 Å². The van der Waals surface area contributed by atoms with Crippen molar-refractivity contribution in [1.82, 2.24) is 19.8 Å². The smallest absolute Gasteiger partial charge is 0.226 e. The first-order valence-electron chi connectivity index (χ1n) is 13.2. The summed E-state index contributed by atoms with van der Waals surface area (Å²) in [5.41, 5.74) is 4.73. The van der Waals surface area contributed by atoms with Gasteiger partial charge in [-0.15, -0.1) is 11.3 Å². The number of carbonyl (C=O) groups is 1. The SMILES string of the molecule is Cc1nc2c(c(N[C@H](C)c3ccc(-c4ccccc4CN(C)C)s3)n1)CN(C(=O)C1CCOCC1)CC2. The number of nitrogens with zero attached hydrogens (tertiary/aromatic N) is 4. The third-order valence-electron chi connectivity index (χ3n) is 7.23. The first-order valence-corrected chi connectivity index (χ1v) is 14.0. The van der Waals surface area contributed by atoms with Crippen molar-refractivity contribution in [2.45, 2.75) is 52.2 Å². The summed E-state index contributed by atoms with van der Waals surface area (Å²) in [6.07, 6.45) is 2.39. The minimum absolute atomic E-state index is 0.0666. The zero-order valence-electron chi connectivity index (χ0n) is 22.3. The molecule has 1 atom stereocenters. The normalized spacial score (nSPS) is 17.1. The maximum absolute atomic E-state index is 13.2. The molecule has 0 unspecified atom stereocenters. The number of benzene rings is 1. The third kappa shape index (κ3) is 5.87. The Morgan fingerprint density at radius 2 is 1.97 bits per heavy atom. The van der Waals surface area contributed by atoms with E-state index < -0.39 is 0 Å². The average molecular weight is 520 g/mol. The zero-order chi connectivity index (χ0) is 25.9. The zero-order valence-corrected chi connectivity index (χ0v) is 23.1. The van der Waals surface area contributed by atoms with Crippen LogP contribution < -0.4 is 5.32 Å². The summed E-state index contributed by atoms with van der Waals surface area (Å²) in [6, 6.07) is 13.2. The number of ether oxygens (including phenoxy) is 1.